The van der Waals surface area contributed by atoms with Crippen LogP contribution in [-0.4, -0.2) is 26.5 Å². The average Bonchev–Trinajstić information content (AvgIpc) is 2.60. The minimum absolute atomic E-state index is 0.0327. The Balaban J connectivity index is 2.20. The maximum atomic E-state index is 12.3. The van der Waals surface area contributed by atoms with Crippen molar-refractivity contribution in [3.05, 3.63) is 0 Å². The third kappa shape index (κ3) is 2.35. The number of ketones is 1. The molecule has 0 aliphatic heterocycles. The summed E-state index contributed by atoms with van der Waals surface area (Å²) in [4.78, 5) is 12.3. The second-order valence-corrected chi connectivity index (χ2v) is 8.97. The molecule has 2 unspecified atom stereocenters. The monoisotopic (exact) mass is 287 g/mol. The van der Waals surface area contributed by atoms with Crippen molar-refractivity contribution < 1.29 is 13.2 Å². The molecule has 4 nitrogen and oxygen atoms in total. The molecule has 1 N–H and O–H groups in total. The molecule has 0 aromatic carbocycles. The molecule has 2 aliphatic rings. The van der Waals surface area contributed by atoms with E-state index >= 15 is 0 Å². The number of nitrogens with one attached hydrogen (secondary N) is 1. The van der Waals surface area contributed by atoms with Gasteiger partial charge in [0.25, 0.3) is 0 Å². The van der Waals surface area contributed by atoms with E-state index in [2.05, 4.69) is 18.6 Å². The summed E-state index contributed by atoms with van der Waals surface area (Å²) in [6.45, 7) is 8.51. The summed E-state index contributed by atoms with van der Waals surface area (Å²) in [5.41, 5.74) is -0.836. The molecular formula is C14H25NO3S. The zero-order valence-corrected chi connectivity index (χ0v) is 13.1. The molecule has 0 radical (unpaired) electrons. The lowest BCUT2D eigenvalue weighted by Gasteiger charge is -2.36. The van der Waals surface area contributed by atoms with Gasteiger partial charge in [0.05, 0.1) is 5.75 Å². The van der Waals surface area contributed by atoms with Crippen LogP contribution < -0.4 is 4.72 Å². The Labute approximate surface area is 116 Å². The molecule has 0 aromatic heterocycles. The molecule has 0 heterocycles. The van der Waals surface area contributed by atoms with E-state index in [0.717, 1.165) is 12.8 Å². The molecule has 0 spiro atoms. The van der Waals surface area contributed by atoms with Gasteiger partial charge in [0, 0.05) is 18.4 Å². The predicted octanol–water partition coefficient (Wildman–Crippen LogP) is 1.96. The van der Waals surface area contributed by atoms with E-state index in [1.165, 1.54) is 0 Å². The first-order chi connectivity index (χ1) is 8.61. The van der Waals surface area contributed by atoms with E-state index in [0.29, 0.717) is 18.9 Å². The number of carbonyl (C=O) groups is 1. The summed E-state index contributed by atoms with van der Waals surface area (Å²) in [6, 6.07) is 0. The lowest BCUT2D eigenvalue weighted by Crippen LogP contribution is -2.45. The molecular weight excluding hydrogens is 262 g/mol. The van der Waals surface area contributed by atoms with Crippen molar-refractivity contribution in [1.29, 1.82) is 0 Å². The molecule has 19 heavy (non-hydrogen) atoms. The van der Waals surface area contributed by atoms with Gasteiger partial charge >= 0.3 is 0 Å². The lowest BCUT2D eigenvalue weighted by molar-refractivity contribution is -0.128. The van der Waals surface area contributed by atoms with Crippen LogP contribution >= 0.6 is 0 Å². The van der Waals surface area contributed by atoms with Gasteiger partial charge < -0.3 is 0 Å². The maximum absolute atomic E-state index is 12.3. The third-order valence-electron chi connectivity index (χ3n) is 5.29. The Morgan fingerprint density at radius 3 is 2.42 bits per heavy atom. The van der Waals surface area contributed by atoms with Crippen molar-refractivity contribution in [3.63, 3.8) is 0 Å². The number of hydrogen-bond acceptors (Lipinski definition) is 3. The quantitative estimate of drug-likeness (QED) is 0.840. The van der Waals surface area contributed by atoms with Crippen molar-refractivity contribution >= 4 is 15.8 Å². The Morgan fingerprint density at radius 2 is 2.00 bits per heavy atom. The first-order valence-corrected chi connectivity index (χ1v) is 8.76. The molecule has 2 aliphatic carbocycles. The molecule has 2 bridgehead atoms. The van der Waals surface area contributed by atoms with E-state index in [1.54, 1.807) is 0 Å². The summed E-state index contributed by atoms with van der Waals surface area (Å²) < 4.78 is 27.1. The van der Waals surface area contributed by atoms with Gasteiger partial charge in [0.15, 0.2) is 0 Å². The van der Waals surface area contributed by atoms with Crippen LogP contribution in [0.3, 0.4) is 0 Å². The van der Waals surface area contributed by atoms with E-state index < -0.39 is 15.4 Å². The Hall–Kier alpha value is -0.420. The van der Waals surface area contributed by atoms with Gasteiger partial charge in [-0.3, -0.25) is 4.79 Å². The van der Waals surface area contributed by atoms with Gasteiger partial charge in [-0.15, -0.1) is 0 Å². The number of Topliss-reactive ketones (excluding diaryl/α,β-unsaturated/α-hetero) is 1. The van der Waals surface area contributed by atoms with Crippen molar-refractivity contribution in [2.45, 2.75) is 47.0 Å². The van der Waals surface area contributed by atoms with Crippen LogP contribution in [-0.2, 0) is 14.8 Å². The average molecular weight is 287 g/mol. The summed E-state index contributed by atoms with van der Waals surface area (Å²) in [6.07, 6.45) is 2.28. The van der Waals surface area contributed by atoms with Crippen LogP contribution in [0, 0.1) is 22.7 Å². The number of rotatable bonds is 5. The van der Waals surface area contributed by atoms with Crippen LogP contribution in [0.15, 0.2) is 0 Å². The molecule has 2 fully saturated rings. The fraction of sp³-hybridized carbons (Fsp3) is 0.929. The minimum atomic E-state index is -3.38. The molecule has 110 valence electrons. The smallest absolute Gasteiger partial charge is 0.212 e. The normalized spacial score (nSPS) is 33.3. The largest absolute Gasteiger partial charge is 0.299 e. The standard InChI is InChI=1S/C14H25NO3S/c1-10(2)8-15-19(17,18)9-14-6-5-11(7-12(14)16)13(14,3)4/h10-11,15H,5-9H2,1-4H3. The molecule has 2 saturated carbocycles. The third-order valence-corrected chi connectivity index (χ3v) is 6.77. The molecule has 2 atom stereocenters. The molecule has 0 saturated heterocycles. The number of hydrogen-bond donors (Lipinski definition) is 1. The van der Waals surface area contributed by atoms with Crippen molar-refractivity contribution in [2.24, 2.45) is 22.7 Å². The van der Waals surface area contributed by atoms with Crippen LogP contribution in [0.5, 0.6) is 0 Å². The summed E-state index contributed by atoms with van der Waals surface area (Å²) in [5.74, 6) is 0.759. The highest BCUT2D eigenvalue weighted by Gasteiger charge is 2.65. The SMILES string of the molecule is CC(C)CNS(=O)(=O)CC12CCC(CC1=O)C2(C)C. The van der Waals surface area contributed by atoms with Gasteiger partial charge in [-0.25, -0.2) is 13.1 Å². The molecule has 2 rings (SSSR count). The van der Waals surface area contributed by atoms with E-state index in [-0.39, 0.29) is 22.9 Å². The maximum Gasteiger partial charge on any atom is 0.212 e. The zero-order chi connectivity index (χ0) is 14.5. The van der Waals surface area contributed by atoms with Crippen LogP contribution in [0.1, 0.15) is 47.0 Å². The predicted molar refractivity (Wildman–Crippen MR) is 75.2 cm³/mol. The second-order valence-electron chi connectivity index (χ2n) is 7.17. The lowest BCUT2D eigenvalue weighted by atomic mass is 9.70. The van der Waals surface area contributed by atoms with Gasteiger partial charge in [-0.2, -0.15) is 0 Å². The van der Waals surface area contributed by atoms with Crippen molar-refractivity contribution in [2.75, 3.05) is 12.3 Å². The van der Waals surface area contributed by atoms with Crippen molar-refractivity contribution in [3.8, 4) is 0 Å². The summed E-state index contributed by atoms with van der Waals surface area (Å²) in [7, 11) is -3.38. The van der Waals surface area contributed by atoms with Gasteiger partial charge in [-0.05, 0) is 30.1 Å². The topological polar surface area (TPSA) is 63.2 Å². The molecule has 0 amide bonds. The minimum Gasteiger partial charge on any atom is -0.299 e. The van der Waals surface area contributed by atoms with Gasteiger partial charge in [0.1, 0.15) is 5.78 Å². The number of sulfonamides is 1. The summed E-state index contributed by atoms with van der Waals surface area (Å²) in [5, 5.41) is 0. The highest BCUT2D eigenvalue weighted by molar-refractivity contribution is 7.89. The first-order valence-electron chi connectivity index (χ1n) is 7.11. The Kier molecular flexibility index (Phi) is 3.59. The van der Waals surface area contributed by atoms with Crippen LogP contribution in [0.25, 0.3) is 0 Å². The summed E-state index contributed by atoms with van der Waals surface area (Å²) >= 11 is 0. The van der Waals surface area contributed by atoms with Gasteiger partial charge in [-0.1, -0.05) is 27.7 Å². The Bertz CT molecular complexity index is 481. The number of carbonyl (C=O) groups excluding carboxylic acids is 1. The van der Waals surface area contributed by atoms with E-state index in [1.807, 2.05) is 13.8 Å². The molecule has 0 aromatic rings. The first kappa shape index (κ1) is 15.0. The van der Waals surface area contributed by atoms with Crippen LogP contribution in [0.4, 0.5) is 0 Å². The van der Waals surface area contributed by atoms with Crippen LogP contribution in [0.2, 0.25) is 0 Å². The molecule has 5 heteroatoms. The fourth-order valence-electron chi connectivity index (χ4n) is 3.78. The highest BCUT2D eigenvalue weighted by atomic mass is 32.2. The van der Waals surface area contributed by atoms with Gasteiger partial charge in [0.2, 0.25) is 10.0 Å². The Morgan fingerprint density at radius 1 is 1.37 bits per heavy atom. The van der Waals surface area contributed by atoms with E-state index in [4.69, 9.17) is 0 Å². The fourth-order valence-corrected chi connectivity index (χ4v) is 5.79. The van der Waals surface area contributed by atoms with Crippen molar-refractivity contribution in [1.82, 2.24) is 4.72 Å². The van der Waals surface area contributed by atoms with E-state index in [9.17, 15) is 13.2 Å². The highest BCUT2D eigenvalue weighted by Crippen LogP contribution is 2.64. The second kappa shape index (κ2) is 4.55. The zero-order valence-electron chi connectivity index (χ0n) is 12.3. The number of fused-ring (bicyclic) bond motifs is 2.